The van der Waals surface area contributed by atoms with Gasteiger partial charge in [0, 0.05) is 19.3 Å². The van der Waals surface area contributed by atoms with Gasteiger partial charge in [-0.25, -0.2) is 0 Å². The zero-order valence-electron chi connectivity index (χ0n) is 45.7. The number of rotatable bonds is 50. The molecule has 6 nitrogen and oxygen atoms in total. The van der Waals surface area contributed by atoms with Gasteiger partial charge in [0.2, 0.25) is 0 Å². The number of ether oxygens (including phenoxy) is 3. The molecule has 0 fully saturated rings. The third kappa shape index (κ3) is 56.3. The monoisotopic (exact) mass is 981 g/mol. The molecule has 0 spiro atoms. The Labute approximate surface area is 436 Å². The second-order valence-corrected chi connectivity index (χ2v) is 18.7. The molecular formula is C65H104O6. The molecule has 0 saturated carbocycles. The van der Waals surface area contributed by atoms with E-state index in [2.05, 4.69) is 81.5 Å². The van der Waals surface area contributed by atoms with Gasteiger partial charge in [0.15, 0.2) is 6.10 Å². The molecule has 0 N–H and O–H groups in total. The fourth-order valence-electron chi connectivity index (χ4n) is 7.54. The van der Waals surface area contributed by atoms with Crippen molar-refractivity contribution in [2.24, 2.45) is 0 Å². The van der Waals surface area contributed by atoms with Gasteiger partial charge in [-0.2, -0.15) is 0 Å². The lowest BCUT2D eigenvalue weighted by molar-refractivity contribution is -0.167. The predicted molar refractivity (Wildman–Crippen MR) is 306 cm³/mol. The predicted octanol–water partition coefficient (Wildman–Crippen LogP) is 19.4. The molecule has 6 heteroatoms. The van der Waals surface area contributed by atoms with Crippen LogP contribution in [0.15, 0.2) is 134 Å². The van der Waals surface area contributed by atoms with Gasteiger partial charge in [0.05, 0.1) is 0 Å². The van der Waals surface area contributed by atoms with E-state index in [-0.39, 0.29) is 44.0 Å². The van der Waals surface area contributed by atoms with Crippen molar-refractivity contribution < 1.29 is 28.6 Å². The van der Waals surface area contributed by atoms with Crippen molar-refractivity contribution in [1.82, 2.24) is 0 Å². The van der Waals surface area contributed by atoms with Crippen LogP contribution >= 0.6 is 0 Å². The Hall–Kier alpha value is -4.45. The minimum absolute atomic E-state index is 0.117. The summed E-state index contributed by atoms with van der Waals surface area (Å²) in [6, 6.07) is 0. The lowest BCUT2D eigenvalue weighted by Crippen LogP contribution is -2.30. The van der Waals surface area contributed by atoms with Crippen molar-refractivity contribution in [2.45, 2.75) is 245 Å². The van der Waals surface area contributed by atoms with E-state index in [4.69, 9.17) is 14.2 Å². The first kappa shape index (κ1) is 66.6. The molecule has 0 aliphatic carbocycles. The summed E-state index contributed by atoms with van der Waals surface area (Å²) in [5.41, 5.74) is 0. The van der Waals surface area contributed by atoms with Gasteiger partial charge >= 0.3 is 17.9 Å². The van der Waals surface area contributed by atoms with Gasteiger partial charge in [-0.1, -0.05) is 276 Å². The summed E-state index contributed by atoms with van der Waals surface area (Å²) in [6.07, 6.45) is 81.5. The molecular weight excluding hydrogens is 877 g/mol. The summed E-state index contributed by atoms with van der Waals surface area (Å²) in [7, 11) is 0. The molecule has 0 aromatic carbocycles. The molecule has 1 atom stereocenters. The largest absolute Gasteiger partial charge is 0.462 e. The normalized spacial score (nSPS) is 13.1. The summed E-state index contributed by atoms with van der Waals surface area (Å²) in [5.74, 6) is -1.02. The number of unbranched alkanes of at least 4 members (excludes halogenated alkanes) is 23. The lowest BCUT2D eigenvalue weighted by atomic mass is 10.0. The highest BCUT2D eigenvalue weighted by atomic mass is 16.6. The molecule has 71 heavy (non-hydrogen) atoms. The topological polar surface area (TPSA) is 78.9 Å². The van der Waals surface area contributed by atoms with E-state index in [0.717, 1.165) is 70.6 Å². The van der Waals surface area contributed by atoms with Crippen molar-refractivity contribution in [2.75, 3.05) is 13.2 Å². The number of esters is 3. The van der Waals surface area contributed by atoms with Crippen LogP contribution in [-0.2, 0) is 28.6 Å². The molecule has 0 aromatic heterocycles. The SMILES string of the molecule is CC\C=C/C=C\C=C/C=C\C=C\C=C/C=C\CCCCCC(=O)OCC(COC(=O)CCCCCCCCCCCCCCCCCCC)OC(=O)CCC/C=C\C/C=C\C/C=C\C/C=C\CCCCC. The lowest BCUT2D eigenvalue weighted by Gasteiger charge is -2.18. The highest BCUT2D eigenvalue weighted by molar-refractivity contribution is 5.71. The Morgan fingerprint density at radius 2 is 0.620 bits per heavy atom. The van der Waals surface area contributed by atoms with Crippen molar-refractivity contribution in [1.29, 1.82) is 0 Å². The Morgan fingerprint density at radius 1 is 0.310 bits per heavy atom. The van der Waals surface area contributed by atoms with Crippen LogP contribution in [-0.4, -0.2) is 37.2 Å². The Balaban J connectivity index is 4.58. The van der Waals surface area contributed by atoms with Gasteiger partial charge < -0.3 is 14.2 Å². The summed E-state index contributed by atoms with van der Waals surface area (Å²) in [6.45, 7) is 6.38. The van der Waals surface area contributed by atoms with E-state index >= 15 is 0 Å². The van der Waals surface area contributed by atoms with E-state index < -0.39 is 6.10 Å². The smallest absolute Gasteiger partial charge is 0.306 e. The van der Waals surface area contributed by atoms with Crippen LogP contribution in [0.5, 0.6) is 0 Å². The number of allylic oxidation sites excluding steroid dienone is 22. The molecule has 400 valence electrons. The number of hydrogen-bond donors (Lipinski definition) is 0. The minimum Gasteiger partial charge on any atom is -0.462 e. The average molecular weight is 982 g/mol. The van der Waals surface area contributed by atoms with Crippen LogP contribution in [0.3, 0.4) is 0 Å². The molecule has 0 radical (unpaired) electrons. The maximum atomic E-state index is 12.8. The third-order valence-electron chi connectivity index (χ3n) is 11.8. The van der Waals surface area contributed by atoms with Gasteiger partial charge in [-0.15, -0.1) is 0 Å². The number of carbonyl (C=O) groups is 3. The molecule has 0 aromatic rings. The van der Waals surface area contributed by atoms with Crippen molar-refractivity contribution in [3.05, 3.63) is 134 Å². The van der Waals surface area contributed by atoms with Crippen LogP contribution in [0.2, 0.25) is 0 Å². The third-order valence-corrected chi connectivity index (χ3v) is 11.8. The fraction of sp³-hybridized carbons (Fsp3) is 0.615. The van der Waals surface area contributed by atoms with E-state index in [9.17, 15) is 14.4 Å². The summed E-state index contributed by atoms with van der Waals surface area (Å²) in [5, 5.41) is 0. The van der Waals surface area contributed by atoms with E-state index in [1.54, 1.807) is 0 Å². The maximum absolute atomic E-state index is 12.8. The quantitative estimate of drug-likeness (QED) is 0.0199. The highest BCUT2D eigenvalue weighted by Crippen LogP contribution is 2.15. The fourth-order valence-corrected chi connectivity index (χ4v) is 7.54. The summed E-state index contributed by atoms with van der Waals surface area (Å²) in [4.78, 5) is 38.2. The Kier molecular flexibility index (Phi) is 54.5. The molecule has 1 unspecified atom stereocenters. The molecule has 0 rings (SSSR count). The van der Waals surface area contributed by atoms with E-state index in [1.165, 1.54) is 116 Å². The maximum Gasteiger partial charge on any atom is 0.306 e. The molecule has 0 amide bonds. The molecule has 0 aliphatic rings. The van der Waals surface area contributed by atoms with Gasteiger partial charge in [-0.05, 0) is 77.0 Å². The van der Waals surface area contributed by atoms with Crippen LogP contribution in [0.25, 0.3) is 0 Å². The average Bonchev–Trinajstić information content (AvgIpc) is 3.37. The van der Waals surface area contributed by atoms with Crippen LogP contribution in [0, 0.1) is 0 Å². The summed E-state index contributed by atoms with van der Waals surface area (Å²) >= 11 is 0. The zero-order valence-corrected chi connectivity index (χ0v) is 45.7. The molecule has 0 heterocycles. The summed E-state index contributed by atoms with van der Waals surface area (Å²) < 4.78 is 16.8. The number of carbonyl (C=O) groups excluding carboxylic acids is 3. The van der Waals surface area contributed by atoms with Crippen LogP contribution in [0.4, 0.5) is 0 Å². The van der Waals surface area contributed by atoms with Gasteiger partial charge in [-0.3, -0.25) is 14.4 Å². The first-order chi connectivity index (χ1) is 35.0. The standard InChI is InChI=1S/C65H104O6/c1-4-7-10-13-16-19-22-25-28-31-32-35-37-40-43-46-49-52-55-58-64(67)70-61-62(71-65(68)59-56-53-50-47-44-41-38-34-30-27-24-21-18-15-12-9-6-3)60-69-63(66)57-54-51-48-45-42-39-36-33-29-26-23-20-17-14-11-8-5-2/h7,10,13,16,18-19,21-22,25,27-28,30-32,35,37-38,40-41,43,47,50,62H,4-6,8-9,11-12,14-15,17,20,23-24,26,29,33-34,36,39,42,44-46,48-49,51-61H2,1-3H3/b10-7-,16-13-,21-18-,22-19-,28-25-,30-27-,32-31+,37-35-,41-38-,43-40-,50-47-. The van der Waals surface area contributed by atoms with Crippen LogP contribution in [0.1, 0.15) is 239 Å². The van der Waals surface area contributed by atoms with Gasteiger partial charge in [0.1, 0.15) is 13.2 Å². The van der Waals surface area contributed by atoms with Crippen molar-refractivity contribution in [3.8, 4) is 0 Å². The van der Waals surface area contributed by atoms with E-state index in [1.807, 2.05) is 72.9 Å². The second kappa shape index (κ2) is 58.1. The Bertz CT molecular complexity index is 1550. The Morgan fingerprint density at radius 3 is 1.06 bits per heavy atom. The van der Waals surface area contributed by atoms with Crippen molar-refractivity contribution in [3.63, 3.8) is 0 Å². The zero-order chi connectivity index (χ0) is 51.4. The molecule has 0 saturated heterocycles. The minimum atomic E-state index is -0.830. The first-order valence-electron chi connectivity index (χ1n) is 28.8. The van der Waals surface area contributed by atoms with Gasteiger partial charge in [0.25, 0.3) is 0 Å². The first-order valence-corrected chi connectivity index (χ1v) is 28.8. The number of hydrogen-bond acceptors (Lipinski definition) is 6. The second-order valence-electron chi connectivity index (χ2n) is 18.7. The molecule has 0 aliphatic heterocycles. The van der Waals surface area contributed by atoms with Crippen LogP contribution < -0.4 is 0 Å². The van der Waals surface area contributed by atoms with Crippen molar-refractivity contribution >= 4 is 17.9 Å². The molecule has 0 bridgehead atoms. The highest BCUT2D eigenvalue weighted by Gasteiger charge is 2.19. The van der Waals surface area contributed by atoms with E-state index in [0.29, 0.717) is 19.3 Å².